The van der Waals surface area contributed by atoms with Gasteiger partial charge in [-0.25, -0.2) is 4.39 Å². The number of hydrogen-bond acceptors (Lipinski definition) is 4. The third kappa shape index (κ3) is 6.43. The van der Waals surface area contributed by atoms with Crippen molar-refractivity contribution < 1.29 is 18.7 Å². The Bertz CT molecular complexity index is 1140. The Labute approximate surface area is 213 Å². The number of halogens is 1. The Morgan fingerprint density at radius 3 is 2.17 bits per heavy atom. The summed E-state index contributed by atoms with van der Waals surface area (Å²) in [4.78, 5) is 16.9. The standard InChI is InChI=1S/C30H35FN2O3/c1-21-5-9-25(10-6-21)30-20-32(16-24-13-28(35-3)15-29(14-24)36-4)18-26(30)19-33(22(2)34)17-23-7-11-27(31)12-8-23/h5-15,26,30H,16-20H2,1-4H3. The maximum Gasteiger partial charge on any atom is 0.219 e. The van der Waals surface area contributed by atoms with Crippen molar-refractivity contribution in [2.45, 2.75) is 32.9 Å². The van der Waals surface area contributed by atoms with E-state index in [0.717, 1.165) is 42.3 Å². The normalized spacial score (nSPS) is 17.7. The Morgan fingerprint density at radius 1 is 0.944 bits per heavy atom. The number of ether oxygens (including phenoxy) is 2. The summed E-state index contributed by atoms with van der Waals surface area (Å²) in [5, 5.41) is 0. The summed E-state index contributed by atoms with van der Waals surface area (Å²) >= 11 is 0. The molecule has 6 heteroatoms. The maximum absolute atomic E-state index is 13.4. The summed E-state index contributed by atoms with van der Waals surface area (Å²) < 4.78 is 24.3. The van der Waals surface area contributed by atoms with E-state index in [4.69, 9.17) is 9.47 Å². The highest BCUT2D eigenvalue weighted by molar-refractivity contribution is 5.73. The van der Waals surface area contributed by atoms with Crippen molar-refractivity contribution in [1.29, 1.82) is 0 Å². The van der Waals surface area contributed by atoms with E-state index in [9.17, 15) is 9.18 Å². The van der Waals surface area contributed by atoms with E-state index in [1.54, 1.807) is 33.3 Å². The molecular formula is C30H35FN2O3. The monoisotopic (exact) mass is 490 g/mol. The third-order valence-corrected chi connectivity index (χ3v) is 7.03. The highest BCUT2D eigenvalue weighted by atomic mass is 19.1. The van der Waals surface area contributed by atoms with Crippen molar-refractivity contribution in [1.82, 2.24) is 9.80 Å². The molecule has 0 radical (unpaired) electrons. The zero-order valence-corrected chi connectivity index (χ0v) is 21.5. The van der Waals surface area contributed by atoms with E-state index in [1.807, 2.05) is 23.1 Å². The van der Waals surface area contributed by atoms with Crippen LogP contribution in [0.1, 0.15) is 35.1 Å². The van der Waals surface area contributed by atoms with Crippen LogP contribution < -0.4 is 9.47 Å². The number of likely N-dealkylation sites (tertiary alicyclic amines) is 1. The number of carbonyl (C=O) groups is 1. The molecular weight excluding hydrogens is 455 g/mol. The highest BCUT2D eigenvalue weighted by Crippen LogP contribution is 2.35. The molecule has 1 heterocycles. The van der Waals surface area contributed by atoms with Crippen LogP contribution in [0.2, 0.25) is 0 Å². The number of amides is 1. The van der Waals surface area contributed by atoms with Crippen molar-refractivity contribution in [2.24, 2.45) is 5.92 Å². The number of carbonyl (C=O) groups excluding carboxylic acids is 1. The van der Waals surface area contributed by atoms with E-state index in [0.29, 0.717) is 19.0 Å². The van der Waals surface area contributed by atoms with Crippen molar-refractivity contribution in [3.8, 4) is 11.5 Å². The molecule has 0 aliphatic carbocycles. The molecule has 36 heavy (non-hydrogen) atoms. The molecule has 0 aromatic heterocycles. The summed E-state index contributed by atoms with van der Waals surface area (Å²) in [6.45, 7) is 7.35. The van der Waals surface area contributed by atoms with Gasteiger partial charge in [0.2, 0.25) is 5.91 Å². The lowest BCUT2D eigenvalue weighted by Crippen LogP contribution is -2.35. The van der Waals surface area contributed by atoms with Crippen LogP contribution in [0.25, 0.3) is 0 Å². The van der Waals surface area contributed by atoms with Gasteiger partial charge in [0.1, 0.15) is 17.3 Å². The minimum Gasteiger partial charge on any atom is -0.497 e. The first kappa shape index (κ1) is 25.7. The zero-order valence-electron chi connectivity index (χ0n) is 21.5. The molecule has 1 fully saturated rings. The number of hydrogen-bond donors (Lipinski definition) is 0. The fourth-order valence-corrected chi connectivity index (χ4v) is 5.08. The SMILES string of the molecule is COc1cc(CN2CC(CN(Cc3ccc(F)cc3)C(C)=O)C(c3ccc(C)cc3)C2)cc(OC)c1. The van der Waals surface area contributed by atoms with Gasteiger partial charge in [0.15, 0.2) is 0 Å². The fraction of sp³-hybridized carbons (Fsp3) is 0.367. The van der Waals surface area contributed by atoms with Crippen LogP contribution in [0.4, 0.5) is 4.39 Å². The van der Waals surface area contributed by atoms with Gasteiger partial charge in [0, 0.05) is 51.6 Å². The van der Waals surface area contributed by atoms with Gasteiger partial charge in [-0.05, 0) is 53.8 Å². The van der Waals surface area contributed by atoms with Gasteiger partial charge < -0.3 is 14.4 Å². The molecule has 5 nitrogen and oxygen atoms in total. The molecule has 1 aliphatic rings. The Hall–Kier alpha value is -3.38. The highest BCUT2D eigenvalue weighted by Gasteiger charge is 2.35. The summed E-state index contributed by atoms with van der Waals surface area (Å²) in [5.41, 5.74) is 4.58. The van der Waals surface area contributed by atoms with E-state index >= 15 is 0 Å². The van der Waals surface area contributed by atoms with Crippen molar-refractivity contribution in [2.75, 3.05) is 33.9 Å². The van der Waals surface area contributed by atoms with Gasteiger partial charge in [-0.2, -0.15) is 0 Å². The van der Waals surface area contributed by atoms with Crippen molar-refractivity contribution >= 4 is 5.91 Å². The molecule has 2 unspecified atom stereocenters. The molecule has 1 saturated heterocycles. The maximum atomic E-state index is 13.4. The summed E-state index contributed by atoms with van der Waals surface area (Å²) in [6.07, 6.45) is 0. The lowest BCUT2D eigenvalue weighted by atomic mass is 9.88. The van der Waals surface area contributed by atoms with Gasteiger partial charge >= 0.3 is 0 Å². The van der Waals surface area contributed by atoms with E-state index in [-0.39, 0.29) is 17.6 Å². The van der Waals surface area contributed by atoms with Crippen LogP contribution in [0.15, 0.2) is 66.7 Å². The molecule has 4 rings (SSSR count). The Morgan fingerprint density at radius 2 is 1.58 bits per heavy atom. The molecule has 0 bridgehead atoms. The predicted molar refractivity (Wildman–Crippen MR) is 140 cm³/mol. The smallest absolute Gasteiger partial charge is 0.219 e. The van der Waals surface area contributed by atoms with Crippen molar-refractivity contribution in [3.05, 3.63) is 94.8 Å². The first-order valence-corrected chi connectivity index (χ1v) is 12.4. The van der Waals surface area contributed by atoms with E-state index in [2.05, 4.69) is 36.1 Å². The quantitative estimate of drug-likeness (QED) is 0.402. The van der Waals surface area contributed by atoms with Crippen LogP contribution in [-0.4, -0.2) is 49.6 Å². The predicted octanol–water partition coefficient (Wildman–Crippen LogP) is 5.42. The largest absolute Gasteiger partial charge is 0.497 e. The summed E-state index contributed by atoms with van der Waals surface area (Å²) in [5.74, 6) is 1.87. The molecule has 3 aromatic carbocycles. The lowest BCUT2D eigenvalue weighted by molar-refractivity contribution is -0.130. The second kappa shape index (κ2) is 11.6. The topological polar surface area (TPSA) is 42.0 Å². The summed E-state index contributed by atoms with van der Waals surface area (Å²) in [6, 6.07) is 21.1. The molecule has 1 amide bonds. The first-order chi connectivity index (χ1) is 17.3. The molecule has 1 aliphatic heterocycles. The van der Waals surface area contributed by atoms with Crippen LogP contribution in [0.5, 0.6) is 11.5 Å². The summed E-state index contributed by atoms with van der Waals surface area (Å²) in [7, 11) is 3.32. The lowest BCUT2D eigenvalue weighted by Gasteiger charge is -2.28. The Balaban J connectivity index is 1.56. The van der Waals surface area contributed by atoms with Crippen molar-refractivity contribution in [3.63, 3.8) is 0 Å². The third-order valence-electron chi connectivity index (χ3n) is 7.03. The van der Waals surface area contributed by atoms with Crippen LogP contribution in [-0.2, 0) is 17.9 Å². The van der Waals surface area contributed by atoms with Crippen LogP contribution in [0.3, 0.4) is 0 Å². The molecule has 190 valence electrons. The molecule has 0 spiro atoms. The zero-order chi connectivity index (χ0) is 25.7. The first-order valence-electron chi connectivity index (χ1n) is 12.4. The van der Waals surface area contributed by atoms with E-state index in [1.165, 1.54) is 23.3 Å². The number of rotatable bonds is 9. The van der Waals surface area contributed by atoms with Crippen LogP contribution >= 0.6 is 0 Å². The Kier molecular flexibility index (Phi) is 8.26. The number of methoxy groups -OCH3 is 2. The molecule has 2 atom stereocenters. The fourth-order valence-electron chi connectivity index (χ4n) is 5.08. The average molecular weight is 491 g/mol. The number of nitrogens with zero attached hydrogens (tertiary/aromatic N) is 2. The minimum absolute atomic E-state index is 0.0259. The van der Waals surface area contributed by atoms with Gasteiger partial charge in [-0.3, -0.25) is 9.69 Å². The second-order valence-corrected chi connectivity index (χ2v) is 9.72. The van der Waals surface area contributed by atoms with Gasteiger partial charge in [0.05, 0.1) is 14.2 Å². The number of benzene rings is 3. The molecule has 0 N–H and O–H groups in total. The second-order valence-electron chi connectivity index (χ2n) is 9.72. The average Bonchev–Trinajstić information content (AvgIpc) is 3.26. The number of aryl methyl sites for hydroxylation is 1. The van der Waals surface area contributed by atoms with Gasteiger partial charge in [0.25, 0.3) is 0 Å². The minimum atomic E-state index is -0.270. The van der Waals surface area contributed by atoms with Gasteiger partial charge in [-0.15, -0.1) is 0 Å². The molecule has 3 aromatic rings. The van der Waals surface area contributed by atoms with E-state index < -0.39 is 0 Å². The van der Waals surface area contributed by atoms with Crippen LogP contribution in [0, 0.1) is 18.7 Å². The van der Waals surface area contributed by atoms with Gasteiger partial charge in [-0.1, -0.05) is 42.0 Å². The molecule has 0 saturated carbocycles.